The molecule has 1 N–H and O–H groups in total. The van der Waals surface area contributed by atoms with E-state index < -0.39 is 11.7 Å². The molecule has 1 aliphatic heterocycles. The molecule has 1 aliphatic rings. The fraction of sp³-hybridized carbons (Fsp3) is 0.316. The van der Waals surface area contributed by atoms with Gasteiger partial charge in [-0.05, 0) is 36.4 Å². The first-order valence-electron chi connectivity index (χ1n) is 9.00. The van der Waals surface area contributed by atoms with Crippen LogP contribution in [0.25, 0.3) is 11.0 Å². The van der Waals surface area contributed by atoms with Crippen molar-refractivity contribution >= 4 is 34.2 Å². The Labute approximate surface area is 166 Å². The normalized spacial score (nSPS) is 15.1. The molecule has 0 atom stereocenters. The van der Waals surface area contributed by atoms with Gasteiger partial charge in [-0.15, -0.1) is 5.10 Å². The highest BCUT2D eigenvalue weighted by Crippen LogP contribution is 2.23. The van der Waals surface area contributed by atoms with Gasteiger partial charge in [0.15, 0.2) is 0 Å². The first-order valence-corrected chi connectivity index (χ1v) is 9.38. The van der Waals surface area contributed by atoms with Crippen LogP contribution in [-0.4, -0.2) is 58.6 Å². The molecule has 0 aliphatic carbocycles. The highest BCUT2D eigenvalue weighted by Gasteiger charge is 2.14. The first-order chi connectivity index (χ1) is 13.6. The number of nitrogens with one attached hydrogen (secondary N) is 1. The summed E-state index contributed by atoms with van der Waals surface area (Å²) in [5.74, 6) is -0.865. The Morgan fingerprint density at radius 1 is 1.18 bits per heavy atom. The summed E-state index contributed by atoms with van der Waals surface area (Å²) in [6.07, 6.45) is 0. The molecule has 1 fully saturated rings. The summed E-state index contributed by atoms with van der Waals surface area (Å²) in [6, 6.07) is 8.99. The summed E-state index contributed by atoms with van der Waals surface area (Å²) in [4.78, 5) is 14.8. The van der Waals surface area contributed by atoms with Gasteiger partial charge in [0.2, 0.25) is 0 Å². The van der Waals surface area contributed by atoms with Crippen molar-refractivity contribution in [3.63, 3.8) is 0 Å². The second kappa shape index (κ2) is 8.22. The Morgan fingerprint density at radius 2 is 2.00 bits per heavy atom. The summed E-state index contributed by atoms with van der Waals surface area (Å²) in [5, 5.41) is 11.3. The minimum atomic E-state index is -0.474. The monoisotopic (exact) mass is 403 g/mol. The molecule has 3 aromatic rings. The van der Waals surface area contributed by atoms with Crippen molar-refractivity contribution in [1.29, 1.82) is 0 Å². The molecule has 1 saturated heterocycles. The van der Waals surface area contributed by atoms with Crippen LogP contribution in [0.15, 0.2) is 36.4 Å². The molecular formula is C19H19ClFN5O2. The van der Waals surface area contributed by atoms with Crippen LogP contribution >= 0.6 is 11.6 Å². The van der Waals surface area contributed by atoms with Crippen molar-refractivity contribution in [3.8, 4) is 0 Å². The van der Waals surface area contributed by atoms with E-state index >= 15 is 0 Å². The number of aromatic nitrogens is 3. The third-order valence-electron chi connectivity index (χ3n) is 4.68. The number of fused-ring (bicyclic) bond motifs is 1. The number of anilines is 1. The molecule has 1 amide bonds. The number of halogens is 2. The van der Waals surface area contributed by atoms with Gasteiger partial charge in [-0.25, -0.2) is 9.07 Å². The third-order valence-corrected chi connectivity index (χ3v) is 5.01. The molecule has 0 spiro atoms. The van der Waals surface area contributed by atoms with Gasteiger partial charge in [0.05, 0.1) is 36.0 Å². The van der Waals surface area contributed by atoms with Crippen LogP contribution in [0.1, 0.15) is 10.4 Å². The van der Waals surface area contributed by atoms with Gasteiger partial charge in [-0.3, -0.25) is 9.69 Å². The number of nitrogens with zero attached hydrogens (tertiary/aromatic N) is 4. The Bertz CT molecular complexity index is 1000. The molecule has 7 nitrogen and oxygen atoms in total. The van der Waals surface area contributed by atoms with Crippen LogP contribution in [0.5, 0.6) is 0 Å². The Balaban J connectivity index is 1.47. The zero-order valence-electron chi connectivity index (χ0n) is 15.1. The molecule has 0 saturated carbocycles. The lowest BCUT2D eigenvalue weighted by atomic mass is 10.1. The van der Waals surface area contributed by atoms with Crippen LogP contribution in [0.4, 0.5) is 10.1 Å². The highest BCUT2D eigenvalue weighted by molar-refractivity contribution is 6.33. The Kier molecular flexibility index (Phi) is 5.52. The van der Waals surface area contributed by atoms with Crippen molar-refractivity contribution < 1.29 is 13.9 Å². The van der Waals surface area contributed by atoms with Gasteiger partial charge in [0.1, 0.15) is 11.3 Å². The number of amides is 1. The van der Waals surface area contributed by atoms with E-state index in [4.69, 9.17) is 16.3 Å². The highest BCUT2D eigenvalue weighted by atomic mass is 35.5. The second-order valence-corrected chi connectivity index (χ2v) is 6.96. The molecule has 28 heavy (non-hydrogen) atoms. The van der Waals surface area contributed by atoms with E-state index in [0.29, 0.717) is 17.6 Å². The molecule has 0 radical (unpaired) electrons. The second-order valence-electron chi connectivity index (χ2n) is 6.55. The lowest BCUT2D eigenvalue weighted by Gasteiger charge is -2.26. The summed E-state index contributed by atoms with van der Waals surface area (Å²) in [6.45, 7) is 4.92. The summed E-state index contributed by atoms with van der Waals surface area (Å²) in [7, 11) is 0. The van der Waals surface area contributed by atoms with E-state index in [2.05, 4.69) is 20.5 Å². The van der Waals surface area contributed by atoms with E-state index in [1.165, 1.54) is 18.2 Å². The molecule has 1 aromatic heterocycles. The third kappa shape index (κ3) is 4.14. The maximum absolute atomic E-state index is 13.4. The van der Waals surface area contributed by atoms with Gasteiger partial charge in [-0.1, -0.05) is 16.8 Å². The smallest absolute Gasteiger partial charge is 0.255 e. The molecule has 146 valence electrons. The van der Waals surface area contributed by atoms with Gasteiger partial charge in [-0.2, -0.15) is 0 Å². The molecule has 0 bridgehead atoms. The van der Waals surface area contributed by atoms with Crippen molar-refractivity contribution in [3.05, 3.63) is 52.8 Å². The number of hydrogen-bond acceptors (Lipinski definition) is 5. The number of benzene rings is 2. The van der Waals surface area contributed by atoms with Crippen molar-refractivity contribution in [2.75, 3.05) is 38.2 Å². The zero-order valence-corrected chi connectivity index (χ0v) is 15.8. The topological polar surface area (TPSA) is 72.3 Å². The van der Waals surface area contributed by atoms with Crippen LogP contribution in [-0.2, 0) is 11.3 Å². The van der Waals surface area contributed by atoms with E-state index in [1.54, 1.807) is 12.1 Å². The summed E-state index contributed by atoms with van der Waals surface area (Å²) in [5.41, 5.74) is 2.10. The van der Waals surface area contributed by atoms with Crippen molar-refractivity contribution in [2.45, 2.75) is 6.54 Å². The quantitative estimate of drug-likeness (QED) is 0.709. The van der Waals surface area contributed by atoms with E-state index in [9.17, 15) is 9.18 Å². The largest absolute Gasteiger partial charge is 0.379 e. The SMILES string of the molecule is O=C(Nc1cc(F)ccc1Cl)c1ccc2c(c1)nnn2CCN1CCOCC1. The number of rotatable bonds is 5. The number of carbonyl (C=O) groups is 1. The molecule has 2 heterocycles. The number of ether oxygens (including phenoxy) is 1. The van der Waals surface area contributed by atoms with Crippen molar-refractivity contribution in [1.82, 2.24) is 19.9 Å². The van der Waals surface area contributed by atoms with Crippen LogP contribution in [0, 0.1) is 5.82 Å². The number of morpholine rings is 1. The molecule has 0 unspecified atom stereocenters. The predicted octanol–water partition coefficient (Wildman–Crippen LogP) is 2.81. The van der Waals surface area contributed by atoms with Gasteiger partial charge in [0, 0.05) is 25.2 Å². The lowest BCUT2D eigenvalue weighted by Crippen LogP contribution is -2.38. The predicted molar refractivity (Wildman–Crippen MR) is 104 cm³/mol. The molecule has 4 rings (SSSR count). The zero-order chi connectivity index (χ0) is 19.5. The average Bonchev–Trinajstić information content (AvgIpc) is 3.12. The molecule has 9 heteroatoms. The van der Waals surface area contributed by atoms with Crippen LogP contribution in [0.2, 0.25) is 5.02 Å². The maximum Gasteiger partial charge on any atom is 0.255 e. The Morgan fingerprint density at radius 3 is 2.82 bits per heavy atom. The number of hydrogen-bond donors (Lipinski definition) is 1. The van der Waals surface area contributed by atoms with Crippen molar-refractivity contribution in [2.24, 2.45) is 0 Å². The minimum Gasteiger partial charge on any atom is -0.379 e. The molecule has 2 aromatic carbocycles. The fourth-order valence-corrected chi connectivity index (χ4v) is 3.29. The minimum absolute atomic E-state index is 0.223. The van der Waals surface area contributed by atoms with Crippen LogP contribution < -0.4 is 5.32 Å². The Hall–Kier alpha value is -2.55. The van der Waals surface area contributed by atoms with Gasteiger partial charge in [0.25, 0.3) is 5.91 Å². The van der Waals surface area contributed by atoms with Gasteiger partial charge >= 0.3 is 0 Å². The number of carbonyl (C=O) groups excluding carboxylic acids is 1. The maximum atomic E-state index is 13.4. The van der Waals surface area contributed by atoms with E-state index in [-0.39, 0.29) is 10.7 Å². The summed E-state index contributed by atoms with van der Waals surface area (Å²) >= 11 is 6.01. The van der Waals surface area contributed by atoms with Gasteiger partial charge < -0.3 is 10.1 Å². The first kappa shape index (κ1) is 18.8. The van der Waals surface area contributed by atoms with E-state index in [1.807, 2.05) is 10.7 Å². The van der Waals surface area contributed by atoms with E-state index in [0.717, 1.165) is 38.4 Å². The standard InChI is InChI=1S/C19H19ClFN5O2/c20-15-3-2-14(21)12-16(15)22-19(27)13-1-4-18-17(11-13)23-24-26(18)6-5-25-7-9-28-10-8-25/h1-4,11-12H,5-10H2,(H,22,27). The molecular weight excluding hydrogens is 385 g/mol. The summed E-state index contributed by atoms with van der Waals surface area (Å²) < 4.78 is 20.6. The van der Waals surface area contributed by atoms with Crippen LogP contribution in [0.3, 0.4) is 0 Å². The lowest BCUT2D eigenvalue weighted by molar-refractivity contribution is 0.0360. The fourth-order valence-electron chi connectivity index (χ4n) is 3.13. The average molecular weight is 404 g/mol.